The third-order valence-corrected chi connectivity index (χ3v) is 9.08. The molecule has 1 heterocycles. The van der Waals surface area contributed by atoms with Gasteiger partial charge in [-0.2, -0.15) is 4.72 Å². The molecule has 1 aliphatic rings. The zero-order valence-corrected chi connectivity index (χ0v) is 20.6. The van der Waals surface area contributed by atoms with Gasteiger partial charge in [0.15, 0.2) is 0 Å². The van der Waals surface area contributed by atoms with E-state index in [-0.39, 0.29) is 21.1 Å². The van der Waals surface area contributed by atoms with E-state index in [0.717, 1.165) is 12.0 Å². The van der Waals surface area contributed by atoms with Crippen molar-refractivity contribution in [2.75, 3.05) is 6.54 Å². The van der Waals surface area contributed by atoms with E-state index in [1.54, 1.807) is 0 Å². The molecule has 1 aromatic heterocycles. The number of nitrogens with one attached hydrogen (secondary N) is 2. The number of benzene rings is 2. The number of pyridine rings is 1. The molecule has 184 valence electrons. The Hall–Kier alpha value is -3.08. The number of carbonyl (C=O) groups is 1. The highest BCUT2D eigenvalue weighted by atomic mass is 32.2. The quantitative estimate of drug-likeness (QED) is 0.407. The van der Waals surface area contributed by atoms with E-state index in [2.05, 4.69) is 15.0 Å². The fourth-order valence-corrected chi connectivity index (χ4v) is 6.08. The molecule has 0 bridgehead atoms. The number of hydrogen-bond acceptors (Lipinski definition) is 6. The Morgan fingerprint density at radius 1 is 0.886 bits per heavy atom. The van der Waals surface area contributed by atoms with Crippen molar-refractivity contribution >= 4 is 25.8 Å². The number of aromatic nitrogens is 1. The van der Waals surface area contributed by atoms with Crippen LogP contribution in [0.2, 0.25) is 0 Å². The molecular weight excluding hydrogens is 486 g/mol. The second-order valence-corrected chi connectivity index (χ2v) is 12.2. The monoisotopic (exact) mass is 513 g/mol. The summed E-state index contributed by atoms with van der Waals surface area (Å²) in [5.41, 5.74) is 0.815. The highest BCUT2D eigenvalue weighted by Crippen LogP contribution is 2.31. The SMILES string of the molecule is O=C(NCCC1CC1)[C@H](Cc1ccccc1)NS(=O)(=O)c1ccc(S(=O)(=O)c2cccnc2)cc1. The number of sulfone groups is 1. The van der Waals surface area contributed by atoms with Gasteiger partial charge >= 0.3 is 0 Å². The molecule has 4 rings (SSSR count). The number of amides is 1. The lowest BCUT2D eigenvalue weighted by Crippen LogP contribution is -2.48. The van der Waals surface area contributed by atoms with E-state index in [1.165, 1.54) is 61.6 Å². The molecule has 1 amide bonds. The lowest BCUT2D eigenvalue weighted by molar-refractivity contribution is -0.122. The average Bonchev–Trinajstić information content (AvgIpc) is 3.69. The van der Waals surface area contributed by atoms with Gasteiger partial charge < -0.3 is 5.32 Å². The summed E-state index contributed by atoms with van der Waals surface area (Å²) in [4.78, 5) is 16.5. The number of rotatable bonds is 11. The van der Waals surface area contributed by atoms with Crippen molar-refractivity contribution in [2.24, 2.45) is 5.92 Å². The van der Waals surface area contributed by atoms with Gasteiger partial charge in [0.2, 0.25) is 25.8 Å². The van der Waals surface area contributed by atoms with E-state index in [4.69, 9.17) is 0 Å². The standard InChI is InChI=1S/C25H27N3O5S2/c29-25(27-16-14-19-8-9-19)24(17-20-5-2-1-3-6-20)28-35(32,33)22-12-10-21(11-13-22)34(30,31)23-7-4-15-26-18-23/h1-7,10-13,15,18-19,24,28H,8-9,14,16-17H2,(H,27,29)/t24-/m0/s1. The van der Waals surface area contributed by atoms with E-state index in [9.17, 15) is 21.6 Å². The molecule has 0 aliphatic heterocycles. The molecule has 0 unspecified atom stereocenters. The highest BCUT2D eigenvalue weighted by Gasteiger charge is 2.28. The topological polar surface area (TPSA) is 122 Å². The Morgan fingerprint density at radius 2 is 1.57 bits per heavy atom. The van der Waals surface area contributed by atoms with Gasteiger partial charge in [0.05, 0.1) is 14.7 Å². The van der Waals surface area contributed by atoms with Gasteiger partial charge in [0.1, 0.15) is 6.04 Å². The molecule has 2 aromatic carbocycles. The maximum Gasteiger partial charge on any atom is 0.241 e. The molecule has 0 saturated heterocycles. The van der Waals surface area contributed by atoms with Crippen LogP contribution in [-0.2, 0) is 31.1 Å². The van der Waals surface area contributed by atoms with Crippen LogP contribution in [0.4, 0.5) is 0 Å². The Balaban J connectivity index is 1.51. The van der Waals surface area contributed by atoms with Crippen LogP contribution >= 0.6 is 0 Å². The summed E-state index contributed by atoms with van der Waals surface area (Å²) in [6, 6.07) is 16.0. The van der Waals surface area contributed by atoms with Crippen LogP contribution in [0.1, 0.15) is 24.8 Å². The smallest absolute Gasteiger partial charge is 0.241 e. The van der Waals surface area contributed by atoms with Crippen molar-refractivity contribution in [1.29, 1.82) is 0 Å². The van der Waals surface area contributed by atoms with Gasteiger partial charge in [0.25, 0.3) is 0 Å². The van der Waals surface area contributed by atoms with Crippen LogP contribution < -0.4 is 10.0 Å². The number of sulfonamides is 1. The Bertz CT molecular complexity index is 1360. The van der Waals surface area contributed by atoms with Gasteiger partial charge in [0, 0.05) is 18.9 Å². The molecule has 0 spiro atoms. The van der Waals surface area contributed by atoms with E-state index in [1.807, 2.05) is 30.3 Å². The van der Waals surface area contributed by atoms with Crippen molar-refractivity contribution in [3.8, 4) is 0 Å². The number of nitrogens with zero attached hydrogens (tertiary/aromatic N) is 1. The zero-order chi connectivity index (χ0) is 24.9. The lowest BCUT2D eigenvalue weighted by atomic mass is 10.1. The summed E-state index contributed by atoms with van der Waals surface area (Å²) in [5, 5.41) is 2.84. The molecule has 1 saturated carbocycles. The fraction of sp³-hybridized carbons (Fsp3) is 0.280. The summed E-state index contributed by atoms with van der Waals surface area (Å²) < 4.78 is 54.2. The van der Waals surface area contributed by atoms with Gasteiger partial charge in [-0.1, -0.05) is 43.2 Å². The Morgan fingerprint density at radius 3 is 2.20 bits per heavy atom. The average molecular weight is 514 g/mol. The maximum absolute atomic E-state index is 13.1. The second-order valence-electron chi connectivity index (χ2n) is 8.55. The van der Waals surface area contributed by atoms with Crippen LogP contribution in [-0.4, -0.2) is 40.3 Å². The summed E-state index contributed by atoms with van der Waals surface area (Å²) in [5.74, 6) is 0.245. The minimum absolute atomic E-state index is 0.0134. The van der Waals surface area contributed by atoms with Crippen LogP contribution in [0.15, 0.2) is 93.8 Å². The molecule has 8 nitrogen and oxygen atoms in total. The Labute approximate surface area is 205 Å². The lowest BCUT2D eigenvalue weighted by Gasteiger charge is -2.19. The largest absolute Gasteiger partial charge is 0.355 e. The van der Waals surface area contributed by atoms with Crippen LogP contribution in [0.5, 0.6) is 0 Å². The first-order valence-corrected chi connectivity index (χ1v) is 14.3. The third kappa shape index (κ3) is 6.53. The molecule has 0 radical (unpaired) electrons. The molecule has 3 aromatic rings. The molecule has 2 N–H and O–H groups in total. The van der Waals surface area contributed by atoms with E-state index in [0.29, 0.717) is 12.5 Å². The predicted octanol–water partition coefficient (Wildman–Crippen LogP) is 2.72. The predicted molar refractivity (Wildman–Crippen MR) is 131 cm³/mol. The minimum atomic E-state index is -4.10. The van der Waals surface area contributed by atoms with E-state index >= 15 is 0 Å². The second kappa shape index (κ2) is 10.7. The first-order chi connectivity index (χ1) is 16.8. The molecule has 35 heavy (non-hydrogen) atoms. The molecule has 1 atom stereocenters. The van der Waals surface area contributed by atoms with Gasteiger partial charge in [-0.05, 0) is 60.7 Å². The fourth-order valence-electron chi connectivity index (χ4n) is 3.66. The van der Waals surface area contributed by atoms with Gasteiger partial charge in [-0.3, -0.25) is 9.78 Å². The maximum atomic E-state index is 13.1. The summed E-state index contributed by atoms with van der Waals surface area (Å²) in [7, 11) is -7.93. The third-order valence-electron chi connectivity index (χ3n) is 5.83. The normalized spacial score (nSPS) is 14.9. The van der Waals surface area contributed by atoms with Gasteiger partial charge in [-0.15, -0.1) is 0 Å². The highest BCUT2D eigenvalue weighted by molar-refractivity contribution is 7.91. The summed E-state index contributed by atoms with van der Waals surface area (Å²) in [6.45, 7) is 0.497. The summed E-state index contributed by atoms with van der Waals surface area (Å²) in [6.07, 6.45) is 6.10. The van der Waals surface area contributed by atoms with Crippen molar-refractivity contribution in [2.45, 2.75) is 46.4 Å². The van der Waals surface area contributed by atoms with E-state index < -0.39 is 31.8 Å². The van der Waals surface area contributed by atoms with Crippen molar-refractivity contribution in [3.63, 3.8) is 0 Å². The van der Waals surface area contributed by atoms with Crippen molar-refractivity contribution in [3.05, 3.63) is 84.7 Å². The Kier molecular flexibility index (Phi) is 7.63. The van der Waals surface area contributed by atoms with Crippen LogP contribution in [0.25, 0.3) is 0 Å². The van der Waals surface area contributed by atoms with Crippen LogP contribution in [0, 0.1) is 5.92 Å². The van der Waals surface area contributed by atoms with Crippen molar-refractivity contribution < 1.29 is 21.6 Å². The minimum Gasteiger partial charge on any atom is -0.355 e. The number of carbonyl (C=O) groups excluding carboxylic acids is 1. The van der Waals surface area contributed by atoms with Gasteiger partial charge in [-0.25, -0.2) is 16.8 Å². The molecular formula is C25H27N3O5S2. The first kappa shape index (κ1) is 25.0. The first-order valence-electron chi connectivity index (χ1n) is 11.3. The van der Waals surface area contributed by atoms with Crippen molar-refractivity contribution in [1.82, 2.24) is 15.0 Å². The molecule has 1 aliphatic carbocycles. The molecule has 10 heteroatoms. The zero-order valence-electron chi connectivity index (χ0n) is 19.0. The molecule has 1 fully saturated rings. The number of hydrogen-bond donors (Lipinski definition) is 2. The van der Waals surface area contributed by atoms with Crippen LogP contribution in [0.3, 0.4) is 0 Å². The summed E-state index contributed by atoms with van der Waals surface area (Å²) >= 11 is 0.